The Morgan fingerprint density at radius 2 is 2.16 bits per heavy atom. The van der Waals surface area contributed by atoms with Crippen LogP contribution in [0.5, 0.6) is 11.5 Å². The first kappa shape index (κ1) is 21.5. The summed E-state index contributed by atoms with van der Waals surface area (Å²) < 4.78 is 13.8. The van der Waals surface area contributed by atoms with Crippen LogP contribution < -0.4 is 14.8 Å². The van der Waals surface area contributed by atoms with Crippen LogP contribution in [0.2, 0.25) is 0 Å². The third-order valence-electron chi connectivity index (χ3n) is 5.34. The van der Waals surface area contributed by atoms with Crippen molar-refractivity contribution in [1.82, 2.24) is 20.1 Å². The van der Waals surface area contributed by atoms with E-state index < -0.39 is 0 Å². The molecule has 1 aromatic carbocycles. The standard InChI is InChI=1S/C23H28N4O3S/c1-2-14-27-22(20-15-29-18-10-6-7-11-19(18)30-20)25-26-23(27)31-16-21(28)24-13-12-17-8-4-3-5-9-17/h2,6-8,10-11,20H,1,3-5,9,12-16H2,(H,24,28). The first-order valence-corrected chi connectivity index (χ1v) is 11.7. The number of hydrogen-bond donors (Lipinski definition) is 1. The van der Waals surface area contributed by atoms with E-state index in [-0.39, 0.29) is 12.0 Å². The Morgan fingerprint density at radius 1 is 1.29 bits per heavy atom. The Bertz CT molecular complexity index is 956. The van der Waals surface area contributed by atoms with Crippen LogP contribution in [0.25, 0.3) is 0 Å². The van der Waals surface area contributed by atoms with Gasteiger partial charge in [-0.15, -0.1) is 16.8 Å². The molecule has 1 atom stereocenters. The monoisotopic (exact) mass is 440 g/mol. The molecule has 2 aromatic rings. The van der Waals surface area contributed by atoms with Crippen LogP contribution in [0.15, 0.2) is 53.7 Å². The summed E-state index contributed by atoms with van der Waals surface area (Å²) in [6, 6.07) is 7.57. The number of carbonyl (C=O) groups is 1. The summed E-state index contributed by atoms with van der Waals surface area (Å²) in [5.41, 5.74) is 1.46. The molecule has 164 valence electrons. The predicted molar refractivity (Wildman–Crippen MR) is 120 cm³/mol. The number of nitrogens with one attached hydrogen (secondary N) is 1. The Hall–Kier alpha value is -2.74. The molecule has 0 radical (unpaired) electrons. The minimum absolute atomic E-state index is 0.00212. The van der Waals surface area contributed by atoms with Gasteiger partial charge in [0.2, 0.25) is 5.91 Å². The van der Waals surface area contributed by atoms with E-state index in [9.17, 15) is 4.79 Å². The molecule has 1 unspecified atom stereocenters. The van der Waals surface area contributed by atoms with Crippen LogP contribution in [-0.2, 0) is 11.3 Å². The third-order valence-corrected chi connectivity index (χ3v) is 6.31. The molecule has 4 rings (SSSR count). The molecule has 0 fully saturated rings. The molecule has 1 aliphatic carbocycles. The van der Waals surface area contributed by atoms with Gasteiger partial charge in [-0.3, -0.25) is 9.36 Å². The highest BCUT2D eigenvalue weighted by molar-refractivity contribution is 7.99. The number of aromatic nitrogens is 3. The lowest BCUT2D eigenvalue weighted by Crippen LogP contribution is -2.27. The lowest BCUT2D eigenvalue weighted by molar-refractivity contribution is -0.118. The summed E-state index contributed by atoms with van der Waals surface area (Å²) in [5.74, 6) is 2.38. The summed E-state index contributed by atoms with van der Waals surface area (Å²) in [5, 5.41) is 12.3. The van der Waals surface area contributed by atoms with Gasteiger partial charge in [0.15, 0.2) is 28.6 Å². The molecule has 0 saturated heterocycles. The number of benzene rings is 1. The van der Waals surface area contributed by atoms with Crippen molar-refractivity contribution in [3.63, 3.8) is 0 Å². The molecule has 8 heteroatoms. The number of hydrogen-bond acceptors (Lipinski definition) is 6. The number of allylic oxidation sites excluding steroid dienone is 2. The Labute approximate surface area is 186 Å². The van der Waals surface area contributed by atoms with Crippen LogP contribution in [0.4, 0.5) is 0 Å². The fourth-order valence-electron chi connectivity index (χ4n) is 3.77. The third kappa shape index (κ3) is 5.50. The minimum atomic E-state index is -0.366. The van der Waals surface area contributed by atoms with Crippen molar-refractivity contribution in [2.45, 2.75) is 49.9 Å². The molecular formula is C23H28N4O3S. The molecule has 1 aliphatic heterocycles. The smallest absolute Gasteiger partial charge is 0.230 e. The Kier molecular flexibility index (Phi) is 7.30. The van der Waals surface area contributed by atoms with Crippen LogP contribution in [-0.4, -0.2) is 39.6 Å². The normalized spacial score (nSPS) is 17.7. The number of rotatable bonds is 9. The predicted octanol–water partition coefficient (Wildman–Crippen LogP) is 4.08. The molecule has 0 saturated carbocycles. The number of amides is 1. The summed E-state index contributed by atoms with van der Waals surface area (Å²) in [6.45, 7) is 5.40. The van der Waals surface area contributed by atoms with E-state index in [0.29, 0.717) is 42.2 Å². The maximum Gasteiger partial charge on any atom is 0.230 e. The number of fused-ring (bicyclic) bond motifs is 1. The zero-order chi connectivity index (χ0) is 21.5. The summed E-state index contributed by atoms with van der Waals surface area (Å²) in [4.78, 5) is 12.3. The van der Waals surface area contributed by atoms with Gasteiger partial charge < -0.3 is 14.8 Å². The molecule has 2 aliphatic rings. The van der Waals surface area contributed by atoms with Gasteiger partial charge in [-0.2, -0.15) is 0 Å². The van der Waals surface area contributed by atoms with Crippen molar-refractivity contribution >= 4 is 17.7 Å². The topological polar surface area (TPSA) is 78.3 Å². The molecule has 0 bridgehead atoms. The molecule has 1 amide bonds. The maximum atomic E-state index is 12.3. The number of ether oxygens (including phenoxy) is 2. The van der Waals surface area contributed by atoms with E-state index in [1.165, 1.54) is 36.6 Å². The number of para-hydroxylation sites is 2. The van der Waals surface area contributed by atoms with E-state index in [0.717, 1.165) is 18.6 Å². The second kappa shape index (κ2) is 10.5. The van der Waals surface area contributed by atoms with Crippen molar-refractivity contribution in [1.29, 1.82) is 0 Å². The van der Waals surface area contributed by atoms with Crippen molar-refractivity contribution < 1.29 is 14.3 Å². The Balaban J connectivity index is 1.33. The second-order valence-corrected chi connectivity index (χ2v) is 8.54. The van der Waals surface area contributed by atoms with Gasteiger partial charge in [0.1, 0.15) is 6.61 Å². The van der Waals surface area contributed by atoms with Crippen molar-refractivity contribution in [3.05, 3.63) is 54.4 Å². The van der Waals surface area contributed by atoms with E-state index in [4.69, 9.17) is 9.47 Å². The van der Waals surface area contributed by atoms with E-state index in [2.05, 4.69) is 28.2 Å². The average Bonchev–Trinajstić information content (AvgIpc) is 3.21. The summed E-state index contributed by atoms with van der Waals surface area (Å²) in [6.07, 6.45) is 9.55. The van der Waals surface area contributed by atoms with Gasteiger partial charge in [-0.25, -0.2) is 0 Å². The SMILES string of the molecule is C=CCn1c(SCC(=O)NCCC2=CCCCC2)nnc1C1COc2ccccc2O1. The second-order valence-electron chi connectivity index (χ2n) is 7.60. The fraction of sp³-hybridized carbons (Fsp3) is 0.435. The molecule has 31 heavy (non-hydrogen) atoms. The zero-order valence-electron chi connectivity index (χ0n) is 17.6. The number of nitrogens with zero attached hydrogens (tertiary/aromatic N) is 3. The maximum absolute atomic E-state index is 12.3. The average molecular weight is 441 g/mol. The van der Waals surface area contributed by atoms with Crippen LogP contribution in [0, 0.1) is 0 Å². The van der Waals surface area contributed by atoms with E-state index >= 15 is 0 Å². The van der Waals surface area contributed by atoms with Gasteiger partial charge in [0.25, 0.3) is 0 Å². The van der Waals surface area contributed by atoms with Crippen LogP contribution in [0.3, 0.4) is 0 Å². The van der Waals surface area contributed by atoms with Gasteiger partial charge in [-0.05, 0) is 44.2 Å². The lowest BCUT2D eigenvalue weighted by Gasteiger charge is -2.26. The van der Waals surface area contributed by atoms with Crippen molar-refractivity contribution in [3.8, 4) is 11.5 Å². The molecule has 1 N–H and O–H groups in total. The molecule has 1 aromatic heterocycles. The molecular weight excluding hydrogens is 412 g/mol. The van der Waals surface area contributed by atoms with Gasteiger partial charge >= 0.3 is 0 Å². The van der Waals surface area contributed by atoms with Crippen LogP contribution in [0.1, 0.15) is 44.0 Å². The number of carbonyl (C=O) groups excluding carboxylic acids is 1. The highest BCUT2D eigenvalue weighted by Gasteiger charge is 2.28. The fourth-order valence-corrected chi connectivity index (χ4v) is 4.55. The highest BCUT2D eigenvalue weighted by atomic mass is 32.2. The van der Waals surface area contributed by atoms with Gasteiger partial charge in [0, 0.05) is 13.1 Å². The van der Waals surface area contributed by atoms with Gasteiger partial charge in [-0.1, -0.05) is 41.6 Å². The first-order valence-electron chi connectivity index (χ1n) is 10.7. The van der Waals surface area contributed by atoms with Crippen LogP contribution >= 0.6 is 11.8 Å². The van der Waals surface area contributed by atoms with Crippen molar-refractivity contribution in [2.75, 3.05) is 18.9 Å². The van der Waals surface area contributed by atoms with E-state index in [1.54, 1.807) is 6.08 Å². The highest BCUT2D eigenvalue weighted by Crippen LogP contribution is 2.36. The molecule has 7 nitrogen and oxygen atoms in total. The Morgan fingerprint density at radius 3 is 2.97 bits per heavy atom. The van der Waals surface area contributed by atoms with Gasteiger partial charge in [0.05, 0.1) is 5.75 Å². The first-order chi connectivity index (χ1) is 15.2. The summed E-state index contributed by atoms with van der Waals surface area (Å²) >= 11 is 1.37. The van der Waals surface area contributed by atoms with E-state index in [1.807, 2.05) is 28.8 Å². The van der Waals surface area contributed by atoms with Crippen molar-refractivity contribution in [2.24, 2.45) is 0 Å². The zero-order valence-corrected chi connectivity index (χ0v) is 18.4. The molecule has 2 heterocycles. The molecule has 0 spiro atoms. The summed E-state index contributed by atoms with van der Waals surface area (Å²) in [7, 11) is 0. The largest absolute Gasteiger partial charge is 0.485 e. The number of thioether (sulfide) groups is 1. The minimum Gasteiger partial charge on any atom is -0.485 e. The quantitative estimate of drug-likeness (QED) is 0.468. The lowest BCUT2D eigenvalue weighted by atomic mass is 9.97.